The third kappa shape index (κ3) is 2.38. The first-order chi connectivity index (χ1) is 8.60. The smallest absolute Gasteiger partial charge is 0.220 e. The Hall–Kier alpha value is -2.61. The van der Waals surface area contributed by atoms with Crippen molar-refractivity contribution in [2.45, 2.75) is 6.92 Å². The van der Waals surface area contributed by atoms with Crippen molar-refractivity contribution >= 4 is 5.69 Å². The van der Waals surface area contributed by atoms with E-state index in [1.165, 1.54) is 18.2 Å². The molecule has 0 bridgehead atoms. The number of nitrogens with two attached hydrogens (primary N) is 1. The van der Waals surface area contributed by atoms with Crippen LogP contribution in [0.3, 0.4) is 0 Å². The molecule has 0 fully saturated rings. The molecule has 1 heterocycles. The van der Waals surface area contributed by atoms with Crippen LogP contribution in [0.25, 0.3) is 0 Å². The van der Waals surface area contributed by atoms with Crippen molar-refractivity contribution < 1.29 is 9.13 Å². The molecule has 0 atom stereocenters. The minimum Gasteiger partial charge on any atom is -0.436 e. The Labute approximate surface area is 103 Å². The fourth-order valence-electron chi connectivity index (χ4n) is 1.40. The van der Waals surface area contributed by atoms with E-state index < -0.39 is 5.82 Å². The van der Waals surface area contributed by atoms with Crippen LogP contribution in [-0.2, 0) is 0 Å². The second-order valence-electron chi connectivity index (χ2n) is 3.71. The van der Waals surface area contributed by atoms with Crippen LogP contribution >= 0.6 is 0 Å². The van der Waals surface area contributed by atoms with Gasteiger partial charge in [-0.2, -0.15) is 5.26 Å². The van der Waals surface area contributed by atoms with Gasteiger partial charge >= 0.3 is 0 Å². The van der Waals surface area contributed by atoms with Crippen molar-refractivity contribution in [3.8, 4) is 17.7 Å². The predicted octanol–water partition coefficient (Wildman–Crippen LogP) is 2.78. The van der Waals surface area contributed by atoms with Crippen LogP contribution in [0.5, 0.6) is 11.6 Å². The molecule has 1 aromatic heterocycles. The first-order valence-corrected chi connectivity index (χ1v) is 5.21. The maximum Gasteiger partial charge on any atom is 0.220 e. The Kier molecular flexibility index (Phi) is 3.11. The molecule has 0 saturated heterocycles. The van der Waals surface area contributed by atoms with E-state index in [0.29, 0.717) is 11.3 Å². The molecule has 2 rings (SSSR count). The van der Waals surface area contributed by atoms with E-state index in [9.17, 15) is 4.39 Å². The van der Waals surface area contributed by atoms with Gasteiger partial charge in [-0.05, 0) is 24.6 Å². The molecule has 18 heavy (non-hydrogen) atoms. The summed E-state index contributed by atoms with van der Waals surface area (Å²) in [5.74, 6) is -0.372. The third-order valence-corrected chi connectivity index (χ3v) is 2.37. The molecule has 2 N–H and O–H groups in total. The number of hydrogen-bond acceptors (Lipinski definition) is 4. The maximum absolute atomic E-state index is 13.6. The third-order valence-electron chi connectivity index (χ3n) is 2.37. The number of nitrogen functional groups attached to an aromatic ring is 1. The Morgan fingerprint density at radius 3 is 2.89 bits per heavy atom. The molecule has 4 nitrogen and oxygen atoms in total. The molecule has 0 unspecified atom stereocenters. The molecule has 0 saturated carbocycles. The molecule has 0 aliphatic heterocycles. The van der Waals surface area contributed by atoms with E-state index in [2.05, 4.69) is 4.98 Å². The highest BCUT2D eigenvalue weighted by atomic mass is 19.1. The summed E-state index contributed by atoms with van der Waals surface area (Å²) in [6.45, 7) is 1.75. The van der Waals surface area contributed by atoms with Crippen LogP contribution in [-0.4, -0.2) is 4.98 Å². The Morgan fingerprint density at radius 2 is 2.17 bits per heavy atom. The van der Waals surface area contributed by atoms with E-state index in [4.69, 9.17) is 15.7 Å². The quantitative estimate of drug-likeness (QED) is 0.823. The molecular formula is C13H10FN3O. The largest absolute Gasteiger partial charge is 0.436 e. The molecule has 0 aliphatic rings. The molecule has 1 aromatic carbocycles. The summed E-state index contributed by atoms with van der Waals surface area (Å²) in [5, 5.41) is 8.70. The SMILES string of the molecule is Cc1cc(Oc2cccc(C#N)n2)c(F)cc1N. The van der Waals surface area contributed by atoms with E-state index in [-0.39, 0.29) is 17.3 Å². The summed E-state index contributed by atoms with van der Waals surface area (Å²) in [6.07, 6.45) is 0. The van der Waals surface area contributed by atoms with Gasteiger partial charge in [-0.25, -0.2) is 9.37 Å². The number of benzene rings is 1. The van der Waals surface area contributed by atoms with Crippen LogP contribution in [0, 0.1) is 24.1 Å². The lowest BCUT2D eigenvalue weighted by Gasteiger charge is -2.08. The van der Waals surface area contributed by atoms with Crippen molar-refractivity contribution in [3.63, 3.8) is 0 Å². The Morgan fingerprint density at radius 1 is 1.39 bits per heavy atom. The van der Waals surface area contributed by atoms with Gasteiger partial charge in [0.25, 0.3) is 0 Å². The van der Waals surface area contributed by atoms with Crippen molar-refractivity contribution in [1.29, 1.82) is 5.26 Å². The molecule has 0 spiro atoms. The molecular weight excluding hydrogens is 233 g/mol. The standard InChI is InChI=1S/C13H10FN3O/c1-8-5-12(10(14)6-11(8)16)18-13-4-2-3-9(7-15)17-13/h2-6H,16H2,1H3. The number of aromatic nitrogens is 1. The molecule has 5 heteroatoms. The number of rotatable bonds is 2. The second-order valence-corrected chi connectivity index (χ2v) is 3.71. The highest BCUT2D eigenvalue weighted by Gasteiger charge is 2.08. The zero-order chi connectivity index (χ0) is 13.1. The monoisotopic (exact) mass is 243 g/mol. The van der Waals surface area contributed by atoms with Gasteiger partial charge in [0.15, 0.2) is 11.6 Å². The highest BCUT2D eigenvalue weighted by molar-refractivity contribution is 5.51. The summed E-state index contributed by atoms with van der Waals surface area (Å²) in [5.41, 5.74) is 6.85. The minimum absolute atomic E-state index is 0.0317. The summed E-state index contributed by atoms with van der Waals surface area (Å²) in [7, 11) is 0. The van der Waals surface area contributed by atoms with Gasteiger partial charge in [0.1, 0.15) is 11.8 Å². The zero-order valence-corrected chi connectivity index (χ0v) is 9.64. The van der Waals surface area contributed by atoms with Crippen molar-refractivity contribution in [1.82, 2.24) is 4.98 Å². The summed E-state index contributed by atoms with van der Waals surface area (Å²) >= 11 is 0. The van der Waals surface area contributed by atoms with Crippen LogP contribution in [0.2, 0.25) is 0 Å². The average Bonchev–Trinajstić information content (AvgIpc) is 2.36. The van der Waals surface area contributed by atoms with E-state index in [0.717, 1.165) is 0 Å². The fourth-order valence-corrected chi connectivity index (χ4v) is 1.40. The van der Waals surface area contributed by atoms with Gasteiger partial charge in [-0.15, -0.1) is 0 Å². The van der Waals surface area contributed by atoms with Gasteiger partial charge < -0.3 is 10.5 Å². The Balaban J connectivity index is 2.34. The Bertz CT molecular complexity index is 635. The molecule has 0 aliphatic carbocycles. The number of hydrogen-bond donors (Lipinski definition) is 1. The van der Waals surface area contributed by atoms with Crippen molar-refractivity contribution in [3.05, 3.63) is 47.4 Å². The topological polar surface area (TPSA) is 71.9 Å². The number of anilines is 1. The number of pyridine rings is 1. The van der Waals surface area contributed by atoms with Crippen molar-refractivity contribution in [2.75, 3.05) is 5.73 Å². The maximum atomic E-state index is 13.6. The average molecular weight is 243 g/mol. The molecule has 0 radical (unpaired) electrons. The van der Waals surface area contributed by atoms with E-state index >= 15 is 0 Å². The van der Waals surface area contributed by atoms with Crippen molar-refractivity contribution in [2.24, 2.45) is 0 Å². The van der Waals surface area contributed by atoms with Gasteiger partial charge in [0.05, 0.1) is 0 Å². The van der Waals surface area contributed by atoms with Crippen LogP contribution in [0.1, 0.15) is 11.3 Å². The fraction of sp³-hybridized carbons (Fsp3) is 0.0769. The summed E-state index contributed by atoms with van der Waals surface area (Å²) in [4.78, 5) is 3.90. The normalized spacial score (nSPS) is 9.83. The molecule has 0 amide bonds. The minimum atomic E-state index is -0.567. The van der Waals surface area contributed by atoms with Gasteiger partial charge in [-0.3, -0.25) is 0 Å². The van der Waals surface area contributed by atoms with Gasteiger partial charge in [-0.1, -0.05) is 6.07 Å². The lowest BCUT2D eigenvalue weighted by atomic mass is 10.2. The van der Waals surface area contributed by atoms with Crippen LogP contribution < -0.4 is 10.5 Å². The molecule has 90 valence electrons. The zero-order valence-electron chi connectivity index (χ0n) is 9.64. The lowest BCUT2D eigenvalue weighted by Crippen LogP contribution is -1.96. The van der Waals surface area contributed by atoms with E-state index in [1.54, 1.807) is 19.1 Å². The van der Waals surface area contributed by atoms with Gasteiger partial charge in [0.2, 0.25) is 5.88 Å². The highest BCUT2D eigenvalue weighted by Crippen LogP contribution is 2.27. The second kappa shape index (κ2) is 4.72. The number of halogens is 1. The lowest BCUT2D eigenvalue weighted by molar-refractivity contribution is 0.427. The predicted molar refractivity (Wildman–Crippen MR) is 64.6 cm³/mol. The summed E-state index contributed by atoms with van der Waals surface area (Å²) < 4.78 is 18.9. The number of aryl methyl sites for hydroxylation is 1. The molecule has 2 aromatic rings. The first-order valence-electron chi connectivity index (χ1n) is 5.21. The van der Waals surface area contributed by atoms with E-state index in [1.807, 2.05) is 6.07 Å². The number of nitrogens with zero attached hydrogens (tertiary/aromatic N) is 2. The van der Waals surface area contributed by atoms with Crippen LogP contribution in [0.15, 0.2) is 30.3 Å². The summed E-state index contributed by atoms with van der Waals surface area (Å²) in [6, 6.07) is 9.27. The van der Waals surface area contributed by atoms with Gasteiger partial charge in [0, 0.05) is 17.8 Å². The number of nitriles is 1. The van der Waals surface area contributed by atoms with Crippen LogP contribution in [0.4, 0.5) is 10.1 Å². The first kappa shape index (κ1) is 11.9. The number of ether oxygens (including phenoxy) is 1.